The van der Waals surface area contributed by atoms with Crippen molar-refractivity contribution >= 4 is 53.1 Å². The number of hydrogen-bond acceptors (Lipinski definition) is 9. The van der Waals surface area contributed by atoms with Crippen LogP contribution in [-0.2, 0) is 28.7 Å². The van der Waals surface area contributed by atoms with E-state index in [-0.39, 0.29) is 5.71 Å². The summed E-state index contributed by atoms with van der Waals surface area (Å²) in [7, 11) is 2.40. The third kappa shape index (κ3) is 13.2. The number of anilines is 1. The molecule has 0 fully saturated rings. The Morgan fingerprint density at radius 3 is 1.98 bits per heavy atom. The van der Waals surface area contributed by atoms with Gasteiger partial charge in [-0.15, -0.1) is 0 Å². The molecule has 0 bridgehead atoms. The number of alkyl halides is 6. The van der Waals surface area contributed by atoms with Crippen LogP contribution in [0.4, 0.5) is 36.8 Å². The van der Waals surface area contributed by atoms with Gasteiger partial charge in [0, 0.05) is 42.7 Å². The molecule has 0 spiro atoms. The Hall–Kier alpha value is -4.81. The smallest absolute Gasteiger partial charge is 0.408 e. The predicted molar refractivity (Wildman–Crippen MR) is 187 cm³/mol. The number of benzene rings is 2. The second-order valence-electron chi connectivity index (χ2n) is 13.2. The van der Waals surface area contributed by atoms with E-state index in [1.165, 1.54) is 11.9 Å². The summed E-state index contributed by atoms with van der Waals surface area (Å²) in [6.45, 7) is 4.66. The molecule has 4 amide bonds. The molecule has 19 heteroatoms. The number of aliphatic imine (C=N–C) groups is 1. The van der Waals surface area contributed by atoms with Crippen LogP contribution in [0.3, 0.4) is 0 Å². The van der Waals surface area contributed by atoms with Crippen LogP contribution in [0.2, 0.25) is 0 Å². The highest BCUT2D eigenvalue weighted by atomic mass is 32.2. The van der Waals surface area contributed by atoms with Gasteiger partial charge in [0.25, 0.3) is 5.91 Å². The molecule has 3 rings (SSSR count). The maximum absolute atomic E-state index is 13.9. The Bertz CT molecular complexity index is 1680. The van der Waals surface area contributed by atoms with Crippen LogP contribution in [0.5, 0.6) is 0 Å². The standard InChI is InChI=1S/C35H41F6N5O7S/c1-33(2,3)53-32(51)42-24(31(50)52-5)19-54-45-29(48)22(16-18-35(39,40)41)21(15-17-34(36,37)38)28(47)44-27-30(49)46(4)25-14-10-9-13-23(25)26(43-27)20-11-7-6-8-12-20/h6-14,21-22,24,27H,15-19H2,1-5H3,(H,42,51)(H,44,47)(H,45,48)/t21-,22+,24?,27-/m1/s1. The van der Waals surface area contributed by atoms with Gasteiger partial charge in [0.2, 0.25) is 18.0 Å². The van der Waals surface area contributed by atoms with Crippen molar-refractivity contribution < 1.29 is 59.8 Å². The SMILES string of the molecule is COC(=O)C(CSNC(=O)[C@@H](CCC(F)(F)F)[C@@H](CCC(F)(F)F)C(=O)N[C@H]1N=C(c2ccccc2)c2ccccc2N(C)C1=O)NC(=O)OC(C)(C)C. The van der Waals surface area contributed by atoms with Gasteiger partial charge in [-0.25, -0.2) is 14.6 Å². The molecule has 296 valence electrons. The lowest BCUT2D eigenvalue weighted by molar-refractivity contribution is -0.152. The first-order valence-electron chi connectivity index (χ1n) is 16.5. The number of benzodiazepines with no additional fused rings is 1. The second kappa shape index (κ2) is 18.5. The van der Waals surface area contributed by atoms with E-state index in [1.807, 2.05) is 0 Å². The summed E-state index contributed by atoms with van der Waals surface area (Å²) in [5, 5.41) is 4.54. The van der Waals surface area contributed by atoms with Gasteiger partial charge in [0.15, 0.2) is 0 Å². The van der Waals surface area contributed by atoms with Gasteiger partial charge in [-0.2, -0.15) is 26.3 Å². The van der Waals surface area contributed by atoms with Crippen molar-refractivity contribution in [3.05, 3.63) is 65.7 Å². The number of hydrogen-bond donors (Lipinski definition) is 3. The number of rotatable bonds is 14. The first kappa shape index (κ1) is 43.6. The minimum absolute atomic E-state index is 0.240. The van der Waals surface area contributed by atoms with Crippen molar-refractivity contribution in [1.82, 2.24) is 15.4 Å². The van der Waals surface area contributed by atoms with Gasteiger partial charge < -0.3 is 25.0 Å². The van der Waals surface area contributed by atoms with E-state index in [9.17, 15) is 50.3 Å². The molecule has 0 radical (unpaired) electrons. The van der Waals surface area contributed by atoms with E-state index in [0.717, 1.165) is 7.11 Å². The van der Waals surface area contributed by atoms with Crippen molar-refractivity contribution in [2.45, 2.75) is 76.6 Å². The molecule has 2 aromatic rings. The predicted octanol–water partition coefficient (Wildman–Crippen LogP) is 5.69. The molecule has 0 saturated carbocycles. The van der Waals surface area contributed by atoms with Gasteiger partial charge in [-0.05, 0) is 51.6 Å². The third-order valence-electron chi connectivity index (χ3n) is 7.91. The first-order valence-corrected chi connectivity index (χ1v) is 17.5. The Morgan fingerprint density at radius 1 is 0.870 bits per heavy atom. The van der Waals surface area contributed by atoms with E-state index in [0.29, 0.717) is 28.8 Å². The number of halogens is 6. The first-order chi connectivity index (χ1) is 25.1. The summed E-state index contributed by atoms with van der Waals surface area (Å²) in [6.07, 6.45) is -18.1. The molecule has 0 aliphatic carbocycles. The highest BCUT2D eigenvalue weighted by Gasteiger charge is 2.42. The van der Waals surface area contributed by atoms with E-state index >= 15 is 0 Å². The van der Waals surface area contributed by atoms with Crippen LogP contribution in [0.1, 0.15) is 57.6 Å². The van der Waals surface area contributed by atoms with E-state index in [1.54, 1.807) is 75.4 Å². The zero-order valence-electron chi connectivity index (χ0n) is 30.0. The topological polar surface area (TPSA) is 155 Å². The Labute approximate surface area is 311 Å². The number of likely N-dealkylation sites (N-methyl/N-ethyl adjacent to an activating group) is 1. The fraction of sp³-hybridized carbons (Fsp3) is 0.486. The molecular weight excluding hydrogens is 748 g/mol. The summed E-state index contributed by atoms with van der Waals surface area (Å²) in [6, 6.07) is 13.7. The summed E-state index contributed by atoms with van der Waals surface area (Å²) in [4.78, 5) is 71.3. The number of nitrogens with zero attached hydrogens (tertiary/aromatic N) is 2. The van der Waals surface area contributed by atoms with Gasteiger partial charge in [-0.1, -0.05) is 48.5 Å². The van der Waals surface area contributed by atoms with Crippen LogP contribution in [0, 0.1) is 11.8 Å². The Balaban J connectivity index is 1.96. The number of para-hydroxylation sites is 1. The van der Waals surface area contributed by atoms with E-state index in [2.05, 4.69) is 25.1 Å². The maximum atomic E-state index is 13.9. The molecular formula is C35H41F6N5O7S. The van der Waals surface area contributed by atoms with Crippen molar-refractivity contribution in [2.75, 3.05) is 24.8 Å². The van der Waals surface area contributed by atoms with Gasteiger partial charge >= 0.3 is 24.4 Å². The number of methoxy groups -OCH3 is 1. The average molecular weight is 790 g/mol. The number of fused-ring (bicyclic) bond motifs is 1. The van der Waals surface area contributed by atoms with Crippen LogP contribution in [0.15, 0.2) is 59.6 Å². The van der Waals surface area contributed by atoms with Crippen LogP contribution in [0.25, 0.3) is 0 Å². The minimum Gasteiger partial charge on any atom is -0.467 e. The number of amides is 4. The zero-order chi connectivity index (χ0) is 40.4. The van der Waals surface area contributed by atoms with Gasteiger partial charge in [0.1, 0.15) is 11.6 Å². The fourth-order valence-electron chi connectivity index (χ4n) is 5.39. The van der Waals surface area contributed by atoms with E-state index in [4.69, 9.17) is 4.74 Å². The van der Waals surface area contributed by atoms with Crippen molar-refractivity contribution in [2.24, 2.45) is 16.8 Å². The highest BCUT2D eigenvalue weighted by Crippen LogP contribution is 2.34. The molecule has 1 heterocycles. The monoisotopic (exact) mass is 789 g/mol. The summed E-state index contributed by atoms with van der Waals surface area (Å²) in [5.74, 6) is -8.88. The largest absolute Gasteiger partial charge is 0.467 e. The summed E-state index contributed by atoms with van der Waals surface area (Å²) in [5.41, 5.74) is 0.673. The average Bonchev–Trinajstić information content (AvgIpc) is 3.18. The Morgan fingerprint density at radius 2 is 1.43 bits per heavy atom. The van der Waals surface area contributed by atoms with Crippen LogP contribution in [-0.4, -0.2) is 85.6 Å². The molecule has 1 unspecified atom stereocenters. The second-order valence-corrected chi connectivity index (χ2v) is 14.0. The molecule has 1 aliphatic rings. The lowest BCUT2D eigenvalue weighted by Crippen LogP contribution is -2.50. The molecule has 2 aromatic carbocycles. The molecule has 12 nitrogen and oxygen atoms in total. The quantitative estimate of drug-likeness (QED) is 0.125. The van der Waals surface area contributed by atoms with Gasteiger partial charge in [0.05, 0.1) is 24.4 Å². The molecule has 1 aliphatic heterocycles. The van der Waals surface area contributed by atoms with Crippen LogP contribution < -0.4 is 20.3 Å². The number of alkyl carbamates (subject to hydrolysis) is 1. The maximum Gasteiger partial charge on any atom is 0.408 e. The number of carbonyl (C=O) groups excluding carboxylic acids is 5. The minimum atomic E-state index is -4.88. The number of ether oxygens (including phenoxy) is 2. The normalized spacial score (nSPS) is 16.5. The third-order valence-corrected chi connectivity index (χ3v) is 8.75. The molecule has 4 atom stereocenters. The number of nitrogens with one attached hydrogen (secondary N) is 3. The number of carbonyl (C=O) groups is 5. The van der Waals surface area contributed by atoms with Crippen molar-refractivity contribution in [3.63, 3.8) is 0 Å². The molecule has 0 saturated heterocycles. The highest BCUT2D eigenvalue weighted by molar-refractivity contribution is 7.98. The lowest BCUT2D eigenvalue weighted by atomic mass is 9.83. The van der Waals surface area contributed by atoms with Gasteiger partial charge in [-0.3, -0.25) is 19.1 Å². The number of esters is 1. The van der Waals surface area contributed by atoms with Crippen LogP contribution >= 0.6 is 11.9 Å². The molecule has 54 heavy (non-hydrogen) atoms. The van der Waals surface area contributed by atoms with E-state index < -0.39 is 103 Å². The molecule has 3 N–H and O–H groups in total. The summed E-state index contributed by atoms with van der Waals surface area (Å²) >= 11 is 0.429. The zero-order valence-corrected chi connectivity index (χ0v) is 30.8. The van der Waals surface area contributed by atoms with Crippen molar-refractivity contribution in [3.8, 4) is 0 Å². The van der Waals surface area contributed by atoms with Crippen molar-refractivity contribution in [1.29, 1.82) is 0 Å². The Kier molecular flexibility index (Phi) is 14.9. The lowest BCUT2D eigenvalue weighted by Gasteiger charge is -2.28. The summed E-state index contributed by atoms with van der Waals surface area (Å²) < 4.78 is 93.1. The molecule has 0 aromatic heterocycles. The fourth-order valence-corrected chi connectivity index (χ4v) is 6.15.